The minimum atomic E-state index is 0. The van der Waals surface area contributed by atoms with E-state index < -0.39 is 0 Å². The van der Waals surface area contributed by atoms with Gasteiger partial charge in [0.1, 0.15) is 0 Å². The Balaban J connectivity index is 0.00000220. The van der Waals surface area contributed by atoms with Gasteiger partial charge in [-0.1, -0.05) is 41.8 Å². The summed E-state index contributed by atoms with van der Waals surface area (Å²) in [5, 5.41) is 4.11. The molecule has 0 aromatic heterocycles. The number of nitrogens with two attached hydrogens (primary N) is 1. The van der Waals surface area contributed by atoms with Gasteiger partial charge in [0.15, 0.2) is 0 Å². The molecule has 0 radical (unpaired) electrons. The largest absolute Gasteiger partial charge is 0.356 e. The summed E-state index contributed by atoms with van der Waals surface area (Å²) in [6.07, 6.45) is 3.80. The molecule has 118 valence electrons. The highest BCUT2D eigenvalue weighted by Crippen LogP contribution is 2.31. The zero-order valence-corrected chi connectivity index (χ0v) is 14.1. The lowest BCUT2D eigenvalue weighted by atomic mass is 9.95. The van der Waals surface area contributed by atoms with Gasteiger partial charge in [0, 0.05) is 12.5 Å². The second-order valence-electron chi connectivity index (χ2n) is 5.29. The average molecular weight is 352 g/mol. The van der Waals surface area contributed by atoms with Crippen LogP contribution in [0.15, 0.2) is 18.2 Å². The molecule has 1 saturated carbocycles. The van der Waals surface area contributed by atoms with Gasteiger partial charge < -0.3 is 11.1 Å². The molecular formula is C15H21Cl3N2O. The first kappa shape index (κ1) is 18.6. The molecule has 1 aliphatic carbocycles. The van der Waals surface area contributed by atoms with Crippen LogP contribution in [0.2, 0.25) is 10.0 Å². The van der Waals surface area contributed by atoms with Gasteiger partial charge in [0.05, 0.1) is 10.0 Å². The van der Waals surface area contributed by atoms with Crippen molar-refractivity contribution in [2.45, 2.75) is 25.7 Å². The first-order valence-corrected chi connectivity index (χ1v) is 7.79. The summed E-state index contributed by atoms with van der Waals surface area (Å²) < 4.78 is 0. The molecule has 2 rings (SSSR count). The number of amides is 1. The van der Waals surface area contributed by atoms with E-state index in [2.05, 4.69) is 5.32 Å². The van der Waals surface area contributed by atoms with Crippen LogP contribution < -0.4 is 11.1 Å². The van der Waals surface area contributed by atoms with Gasteiger partial charge in [-0.2, -0.15) is 0 Å². The van der Waals surface area contributed by atoms with Crippen molar-refractivity contribution in [3.05, 3.63) is 33.8 Å². The molecule has 21 heavy (non-hydrogen) atoms. The van der Waals surface area contributed by atoms with Crippen molar-refractivity contribution in [1.29, 1.82) is 0 Å². The van der Waals surface area contributed by atoms with E-state index in [1.165, 1.54) is 0 Å². The Kier molecular flexibility index (Phi) is 7.82. The Morgan fingerprint density at radius 3 is 2.81 bits per heavy atom. The van der Waals surface area contributed by atoms with Crippen LogP contribution in [0.3, 0.4) is 0 Å². The molecule has 1 aromatic carbocycles. The molecule has 0 bridgehead atoms. The topological polar surface area (TPSA) is 55.1 Å². The molecule has 1 aliphatic rings. The molecule has 0 spiro atoms. The van der Waals surface area contributed by atoms with Crippen LogP contribution in [-0.4, -0.2) is 19.0 Å². The number of hydrogen-bond acceptors (Lipinski definition) is 2. The third-order valence-corrected chi connectivity index (χ3v) is 4.88. The van der Waals surface area contributed by atoms with Gasteiger partial charge in [0.2, 0.25) is 5.91 Å². The Morgan fingerprint density at radius 1 is 1.33 bits per heavy atom. The highest BCUT2D eigenvalue weighted by molar-refractivity contribution is 6.42. The Bertz CT molecular complexity index is 482. The molecule has 1 aromatic rings. The minimum absolute atomic E-state index is 0. The summed E-state index contributed by atoms with van der Waals surface area (Å²) in [6, 6.07) is 5.56. The maximum absolute atomic E-state index is 12.1. The van der Waals surface area contributed by atoms with Gasteiger partial charge in [0.25, 0.3) is 0 Å². The second kappa shape index (κ2) is 8.84. The highest BCUT2D eigenvalue weighted by Gasteiger charge is 2.31. The molecule has 0 unspecified atom stereocenters. The summed E-state index contributed by atoms with van der Waals surface area (Å²) in [4.78, 5) is 12.1. The molecule has 0 aliphatic heterocycles. The first-order chi connectivity index (χ1) is 9.63. The lowest BCUT2D eigenvalue weighted by Crippen LogP contribution is -2.36. The van der Waals surface area contributed by atoms with E-state index in [1.54, 1.807) is 6.07 Å². The minimum Gasteiger partial charge on any atom is -0.356 e. The SMILES string of the molecule is Cl.NC[C@H]1CCC[C@H]1C(=O)NCCc1cccc(Cl)c1Cl. The molecule has 1 amide bonds. The number of nitrogens with one attached hydrogen (secondary N) is 1. The summed E-state index contributed by atoms with van der Waals surface area (Å²) in [5.74, 6) is 0.538. The Labute approximate surface area is 142 Å². The summed E-state index contributed by atoms with van der Waals surface area (Å²) in [5.41, 5.74) is 6.67. The monoisotopic (exact) mass is 350 g/mol. The Morgan fingerprint density at radius 2 is 2.10 bits per heavy atom. The van der Waals surface area contributed by atoms with E-state index in [0.717, 1.165) is 24.8 Å². The van der Waals surface area contributed by atoms with Gasteiger partial charge in [-0.3, -0.25) is 4.79 Å². The van der Waals surface area contributed by atoms with Gasteiger partial charge >= 0.3 is 0 Å². The summed E-state index contributed by atoms with van der Waals surface area (Å²) in [6.45, 7) is 1.17. The van der Waals surface area contributed by atoms with Crippen LogP contribution >= 0.6 is 35.6 Å². The fourth-order valence-electron chi connectivity index (χ4n) is 2.86. The predicted octanol–water partition coefficient (Wildman–Crippen LogP) is 3.45. The molecule has 3 N–H and O–H groups in total. The molecule has 2 atom stereocenters. The third kappa shape index (κ3) is 4.75. The predicted molar refractivity (Wildman–Crippen MR) is 90.3 cm³/mol. The zero-order valence-electron chi connectivity index (χ0n) is 11.8. The second-order valence-corrected chi connectivity index (χ2v) is 6.07. The molecular weight excluding hydrogens is 331 g/mol. The third-order valence-electron chi connectivity index (χ3n) is 4.02. The van der Waals surface area contributed by atoms with E-state index in [4.69, 9.17) is 28.9 Å². The van der Waals surface area contributed by atoms with E-state index in [-0.39, 0.29) is 24.2 Å². The van der Waals surface area contributed by atoms with E-state index in [0.29, 0.717) is 35.5 Å². The highest BCUT2D eigenvalue weighted by atomic mass is 35.5. The average Bonchev–Trinajstić information content (AvgIpc) is 2.92. The van der Waals surface area contributed by atoms with Crippen molar-refractivity contribution in [3.8, 4) is 0 Å². The van der Waals surface area contributed by atoms with Gasteiger partial charge in [-0.15, -0.1) is 12.4 Å². The van der Waals surface area contributed by atoms with Crippen molar-refractivity contribution in [2.24, 2.45) is 17.6 Å². The quantitative estimate of drug-likeness (QED) is 0.853. The van der Waals surface area contributed by atoms with Gasteiger partial charge in [-0.25, -0.2) is 0 Å². The number of carbonyl (C=O) groups excluding carboxylic acids is 1. The maximum Gasteiger partial charge on any atom is 0.223 e. The summed E-state index contributed by atoms with van der Waals surface area (Å²) in [7, 11) is 0. The van der Waals surface area contributed by atoms with Crippen molar-refractivity contribution < 1.29 is 4.79 Å². The van der Waals surface area contributed by atoms with Crippen LogP contribution in [0.25, 0.3) is 0 Å². The number of carbonyl (C=O) groups is 1. The normalized spacial score (nSPS) is 20.9. The van der Waals surface area contributed by atoms with E-state index in [1.807, 2.05) is 12.1 Å². The Hall–Kier alpha value is -0.480. The number of halogens is 3. The number of hydrogen-bond donors (Lipinski definition) is 2. The number of rotatable bonds is 5. The molecule has 0 heterocycles. The van der Waals surface area contributed by atoms with Crippen LogP contribution in [0, 0.1) is 11.8 Å². The first-order valence-electron chi connectivity index (χ1n) is 7.04. The fourth-order valence-corrected chi connectivity index (χ4v) is 3.27. The maximum atomic E-state index is 12.1. The van der Waals surface area contributed by atoms with Crippen molar-refractivity contribution in [1.82, 2.24) is 5.32 Å². The summed E-state index contributed by atoms with van der Waals surface area (Å²) >= 11 is 12.1. The molecule has 1 fully saturated rings. The van der Waals surface area contributed by atoms with E-state index in [9.17, 15) is 4.79 Å². The van der Waals surface area contributed by atoms with Crippen LogP contribution in [0.4, 0.5) is 0 Å². The van der Waals surface area contributed by atoms with Crippen molar-refractivity contribution in [2.75, 3.05) is 13.1 Å². The number of benzene rings is 1. The van der Waals surface area contributed by atoms with Gasteiger partial charge in [-0.05, 0) is 43.4 Å². The lowest BCUT2D eigenvalue weighted by Gasteiger charge is -2.17. The lowest BCUT2D eigenvalue weighted by molar-refractivity contribution is -0.125. The fraction of sp³-hybridized carbons (Fsp3) is 0.533. The van der Waals surface area contributed by atoms with Crippen molar-refractivity contribution in [3.63, 3.8) is 0 Å². The molecule has 3 nitrogen and oxygen atoms in total. The molecule has 6 heteroatoms. The van der Waals surface area contributed by atoms with Crippen LogP contribution in [-0.2, 0) is 11.2 Å². The van der Waals surface area contributed by atoms with E-state index >= 15 is 0 Å². The van der Waals surface area contributed by atoms with Crippen LogP contribution in [0.1, 0.15) is 24.8 Å². The zero-order chi connectivity index (χ0) is 14.5. The standard InChI is InChI=1S/C15H20Cl2N2O.ClH/c16-13-6-2-3-10(14(13)17)7-8-19-15(20)12-5-1-4-11(12)9-18;/h2-3,6,11-12H,1,4-5,7-9,18H2,(H,19,20);1H/t11-,12-;/m1./s1. The van der Waals surface area contributed by atoms with Crippen molar-refractivity contribution >= 4 is 41.5 Å². The molecule has 0 saturated heterocycles. The van der Waals surface area contributed by atoms with Crippen LogP contribution in [0.5, 0.6) is 0 Å². The smallest absolute Gasteiger partial charge is 0.223 e.